The van der Waals surface area contributed by atoms with Crippen molar-refractivity contribution in [2.75, 3.05) is 0 Å². The van der Waals surface area contributed by atoms with Gasteiger partial charge in [-0.05, 0) is 62.5 Å². The normalized spacial score (nSPS) is 14.1. The van der Waals surface area contributed by atoms with Gasteiger partial charge in [-0.2, -0.15) is 0 Å². The topological polar surface area (TPSA) is 35.2 Å². The third-order valence-electron chi connectivity index (χ3n) is 2.88. The zero-order chi connectivity index (χ0) is 14.7. The summed E-state index contributed by atoms with van der Waals surface area (Å²) in [4.78, 5) is 1.05. The molecule has 2 aromatic rings. The van der Waals surface area contributed by atoms with Gasteiger partial charge < -0.3 is 10.5 Å². The minimum atomic E-state index is -0.312. The van der Waals surface area contributed by atoms with Gasteiger partial charge in [-0.25, -0.2) is 4.39 Å². The maximum atomic E-state index is 13.3. The minimum Gasteiger partial charge on any atom is -0.483 e. The molecule has 0 saturated heterocycles. The highest BCUT2D eigenvalue weighted by molar-refractivity contribution is 9.10. The van der Waals surface area contributed by atoms with Gasteiger partial charge in [0.05, 0.1) is 4.47 Å². The summed E-state index contributed by atoms with van der Waals surface area (Å²) in [6, 6.07) is 6.48. The van der Waals surface area contributed by atoms with E-state index in [0.29, 0.717) is 10.2 Å². The van der Waals surface area contributed by atoms with Crippen LogP contribution in [0.1, 0.15) is 24.3 Å². The lowest BCUT2D eigenvalue weighted by atomic mass is 10.1. The fourth-order valence-corrected chi connectivity index (χ4v) is 3.65. The number of benzene rings is 1. The second-order valence-electron chi connectivity index (χ2n) is 4.35. The first-order valence-electron chi connectivity index (χ1n) is 6.12. The Bertz CT molecular complexity index is 590. The molecule has 0 aliphatic rings. The number of ether oxygens (including phenoxy) is 1. The first kappa shape index (κ1) is 15.9. The lowest BCUT2D eigenvalue weighted by Gasteiger charge is -2.23. The monoisotopic (exact) mass is 421 g/mol. The molecule has 2 nitrogen and oxygen atoms in total. The number of thiophene rings is 1. The Morgan fingerprint density at radius 1 is 1.35 bits per heavy atom. The largest absolute Gasteiger partial charge is 0.483 e. The molecule has 2 N–H and O–H groups in total. The van der Waals surface area contributed by atoms with Crippen molar-refractivity contribution in [3.63, 3.8) is 0 Å². The smallest absolute Gasteiger partial charge is 0.148 e. The average Bonchev–Trinajstić information content (AvgIpc) is 2.85. The summed E-state index contributed by atoms with van der Waals surface area (Å²) in [5.74, 6) is 0.282. The molecule has 2 atom stereocenters. The Balaban J connectivity index is 2.25. The molecule has 1 aromatic carbocycles. The molecular formula is C14H14Br2FNOS. The summed E-state index contributed by atoms with van der Waals surface area (Å²) in [5, 5.41) is 1.99. The van der Waals surface area contributed by atoms with Gasteiger partial charge in [0.25, 0.3) is 0 Å². The van der Waals surface area contributed by atoms with Crippen molar-refractivity contribution in [2.45, 2.75) is 25.5 Å². The van der Waals surface area contributed by atoms with Gasteiger partial charge in [-0.1, -0.05) is 6.92 Å². The Morgan fingerprint density at radius 2 is 2.10 bits per heavy atom. The van der Waals surface area contributed by atoms with E-state index in [1.54, 1.807) is 23.5 Å². The molecule has 2 rings (SSSR count). The van der Waals surface area contributed by atoms with Crippen molar-refractivity contribution < 1.29 is 9.13 Å². The van der Waals surface area contributed by atoms with Gasteiger partial charge >= 0.3 is 0 Å². The highest BCUT2D eigenvalue weighted by atomic mass is 79.9. The molecule has 0 radical (unpaired) electrons. The molecule has 0 amide bonds. The van der Waals surface area contributed by atoms with Crippen LogP contribution in [-0.2, 0) is 0 Å². The maximum Gasteiger partial charge on any atom is 0.148 e. The second kappa shape index (κ2) is 7.02. The van der Waals surface area contributed by atoms with Crippen LogP contribution in [0.4, 0.5) is 4.39 Å². The van der Waals surface area contributed by atoms with Gasteiger partial charge in [0.15, 0.2) is 0 Å². The van der Waals surface area contributed by atoms with E-state index >= 15 is 0 Å². The van der Waals surface area contributed by atoms with E-state index in [1.807, 2.05) is 18.4 Å². The molecule has 0 aliphatic heterocycles. The summed E-state index contributed by atoms with van der Waals surface area (Å²) < 4.78 is 20.6. The third kappa shape index (κ3) is 3.81. The van der Waals surface area contributed by atoms with E-state index in [0.717, 1.165) is 15.8 Å². The molecule has 20 heavy (non-hydrogen) atoms. The number of hydrogen-bond acceptors (Lipinski definition) is 3. The van der Waals surface area contributed by atoms with Crippen LogP contribution < -0.4 is 10.5 Å². The summed E-state index contributed by atoms with van der Waals surface area (Å²) in [7, 11) is 0. The van der Waals surface area contributed by atoms with E-state index in [2.05, 4.69) is 31.9 Å². The molecule has 2 unspecified atom stereocenters. The van der Waals surface area contributed by atoms with Crippen molar-refractivity contribution >= 4 is 43.2 Å². The van der Waals surface area contributed by atoms with Crippen LogP contribution in [0.15, 0.2) is 38.6 Å². The molecule has 0 saturated carbocycles. The predicted octanol–water partition coefficient (Wildman–Crippen LogP) is 5.27. The van der Waals surface area contributed by atoms with Crippen LogP contribution >= 0.6 is 43.2 Å². The minimum absolute atomic E-state index is 0.121. The summed E-state index contributed by atoms with van der Waals surface area (Å²) >= 11 is 8.18. The van der Waals surface area contributed by atoms with Crippen molar-refractivity contribution in [1.29, 1.82) is 0 Å². The standard InChI is InChI=1S/C14H14Br2FNOS/c1-2-12(18)14(13-5-8(15)7-20-13)19-9-3-4-11(17)10(16)6-9/h3-7,12,14H,2,18H2,1H3. The highest BCUT2D eigenvalue weighted by Gasteiger charge is 2.22. The maximum absolute atomic E-state index is 13.3. The molecule has 6 heteroatoms. The first-order valence-corrected chi connectivity index (χ1v) is 8.59. The molecule has 1 aromatic heterocycles. The predicted molar refractivity (Wildman–Crippen MR) is 87.8 cm³/mol. The van der Waals surface area contributed by atoms with E-state index in [4.69, 9.17) is 10.5 Å². The van der Waals surface area contributed by atoms with Gasteiger partial charge in [0.2, 0.25) is 0 Å². The molecule has 0 spiro atoms. The molecule has 1 heterocycles. The van der Waals surface area contributed by atoms with Crippen LogP contribution in [0, 0.1) is 5.82 Å². The lowest BCUT2D eigenvalue weighted by molar-refractivity contribution is 0.174. The van der Waals surface area contributed by atoms with Gasteiger partial charge in [-0.15, -0.1) is 11.3 Å². The van der Waals surface area contributed by atoms with Crippen molar-refractivity contribution in [3.05, 3.63) is 49.3 Å². The van der Waals surface area contributed by atoms with Crippen LogP contribution in [0.25, 0.3) is 0 Å². The van der Waals surface area contributed by atoms with Crippen molar-refractivity contribution in [2.24, 2.45) is 5.73 Å². The van der Waals surface area contributed by atoms with Crippen LogP contribution in [-0.4, -0.2) is 6.04 Å². The summed E-state index contributed by atoms with van der Waals surface area (Å²) in [5.41, 5.74) is 6.15. The SMILES string of the molecule is CCC(N)C(Oc1ccc(F)c(Br)c1)c1cc(Br)cs1. The Labute approximate surface area is 138 Å². The molecule has 0 fully saturated rings. The second-order valence-corrected chi connectivity index (χ2v) is 7.07. The Kier molecular flexibility index (Phi) is 5.60. The lowest BCUT2D eigenvalue weighted by Crippen LogP contribution is -2.30. The van der Waals surface area contributed by atoms with Crippen LogP contribution in [0.2, 0.25) is 0 Å². The number of halogens is 3. The third-order valence-corrected chi connectivity index (χ3v) is 5.25. The fourth-order valence-electron chi connectivity index (χ4n) is 1.74. The van der Waals surface area contributed by atoms with E-state index in [1.165, 1.54) is 6.07 Å². The highest BCUT2D eigenvalue weighted by Crippen LogP contribution is 2.33. The van der Waals surface area contributed by atoms with Crippen molar-refractivity contribution in [1.82, 2.24) is 0 Å². The fraction of sp³-hybridized carbons (Fsp3) is 0.286. The first-order chi connectivity index (χ1) is 9.51. The molecule has 0 bridgehead atoms. The zero-order valence-corrected chi connectivity index (χ0v) is 14.8. The average molecular weight is 423 g/mol. The van der Waals surface area contributed by atoms with Gasteiger partial charge in [0, 0.05) is 20.8 Å². The molecule has 0 aliphatic carbocycles. The van der Waals surface area contributed by atoms with E-state index in [9.17, 15) is 4.39 Å². The van der Waals surface area contributed by atoms with Crippen LogP contribution in [0.3, 0.4) is 0 Å². The van der Waals surface area contributed by atoms with E-state index in [-0.39, 0.29) is 18.0 Å². The Morgan fingerprint density at radius 3 is 2.65 bits per heavy atom. The summed E-state index contributed by atoms with van der Waals surface area (Å²) in [6.07, 6.45) is 0.552. The van der Waals surface area contributed by atoms with E-state index < -0.39 is 0 Å². The number of hydrogen-bond donors (Lipinski definition) is 1. The van der Waals surface area contributed by atoms with Crippen LogP contribution in [0.5, 0.6) is 5.75 Å². The summed E-state index contributed by atoms with van der Waals surface area (Å²) in [6.45, 7) is 2.02. The number of nitrogens with two attached hydrogens (primary N) is 1. The number of rotatable bonds is 5. The zero-order valence-electron chi connectivity index (χ0n) is 10.8. The van der Waals surface area contributed by atoms with Gasteiger partial charge in [0.1, 0.15) is 17.7 Å². The Hall–Kier alpha value is -0.430. The van der Waals surface area contributed by atoms with Gasteiger partial charge in [-0.3, -0.25) is 0 Å². The molecular weight excluding hydrogens is 409 g/mol. The van der Waals surface area contributed by atoms with Crippen molar-refractivity contribution in [3.8, 4) is 5.75 Å². The molecule has 108 valence electrons. The quantitative estimate of drug-likeness (QED) is 0.712.